The van der Waals surface area contributed by atoms with Crippen LogP contribution in [0.25, 0.3) is 0 Å². The molecule has 0 aliphatic heterocycles. The fourth-order valence-electron chi connectivity index (χ4n) is 1.73. The molecular formula is C15H16BrN3O3. The van der Waals surface area contributed by atoms with Gasteiger partial charge in [-0.2, -0.15) is 0 Å². The summed E-state index contributed by atoms with van der Waals surface area (Å²) in [7, 11) is 0. The molecule has 7 heteroatoms. The average molecular weight is 366 g/mol. The molecule has 1 heterocycles. The van der Waals surface area contributed by atoms with Crippen molar-refractivity contribution in [3.8, 4) is 0 Å². The zero-order valence-electron chi connectivity index (χ0n) is 12.0. The number of halogens is 1. The highest BCUT2D eigenvalue weighted by atomic mass is 79.9. The summed E-state index contributed by atoms with van der Waals surface area (Å²) in [5, 5.41) is 2.52. The number of nitrogens with one attached hydrogen (secondary N) is 1. The number of ketones is 1. The molecule has 2 rings (SSSR count). The number of hydrogen-bond acceptors (Lipinski definition) is 5. The van der Waals surface area contributed by atoms with Crippen molar-refractivity contribution in [1.29, 1.82) is 0 Å². The summed E-state index contributed by atoms with van der Waals surface area (Å²) in [5.41, 5.74) is 6.41. The molecule has 2 aromatic rings. The number of hydrogen-bond donors (Lipinski definition) is 2. The molecule has 22 heavy (non-hydrogen) atoms. The zero-order valence-corrected chi connectivity index (χ0v) is 13.6. The van der Waals surface area contributed by atoms with E-state index in [4.69, 9.17) is 10.2 Å². The summed E-state index contributed by atoms with van der Waals surface area (Å²) < 4.78 is 6.04. The van der Waals surface area contributed by atoms with Crippen molar-refractivity contribution in [3.05, 3.63) is 52.1 Å². The second-order valence-corrected chi connectivity index (χ2v) is 5.61. The lowest BCUT2D eigenvalue weighted by atomic mass is 10.1. The molecule has 0 bridgehead atoms. The van der Waals surface area contributed by atoms with Crippen LogP contribution in [0.1, 0.15) is 46.1 Å². The first kappa shape index (κ1) is 16.4. The summed E-state index contributed by atoms with van der Waals surface area (Å²) in [4.78, 5) is 27.9. The monoisotopic (exact) mass is 365 g/mol. The first-order chi connectivity index (χ1) is 10.5. The predicted octanol–water partition coefficient (Wildman–Crippen LogP) is 2.46. The van der Waals surface area contributed by atoms with E-state index in [0.29, 0.717) is 17.9 Å². The molecule has 0 saturated carbocycles. The number of benzene rings is 1. The van der Waals surface area contributed by atoms with Crippen LogP contribution in [-0.2, 0) is 0 Å². The number of carbonyl (C=O) groups excluding carboxylic acids is 2. The van der Waals surface area contributed by atoms with Crippen LogP contribution < -0.4 is 11.1 Å². The smallest absolute Gasteiger partial charge is 0.273 e. The van der Waals surface area contributed by atoms with Crippen molar-refractivity contribution >= 4 is 27.6 Å². The zero-order chi connectivity index (χ0) is 16.1. The molecule has 3 N–H and O–H groups in total. The van der Waals surface area contributed by atoms with Crippen molar-refractivity contribution < 1.29 is 14.0 Å². The normalized spacial score (nSPS) is 12.0. The average Bonchev–Trinajstić information content (AvgIpc) is 3.02. The van der Waals surface area contributed by atoms with Gasteiger partial charge >= 0.3 is 0 Å². The summed E-state index contributed by atoms with van der Waals surface area (Å²) in [5.74, 6) is -0.342. The van der Waals surface area contributed by atoms with Crippen LogP contribution in [0.5, 0.6) is 0 Å². The molecule has 0 saturated heterocycles. The van der Waals surface area contributed by atoms with E-state index in [1.807, 2.05) is 6.92 Å². The molecule has 0 spiro atoms. The first-order valence-electron chi connectivity index (χ1n) is 6.79. The standard InChI is InChI=1S/C15H16BrN3O3/c1-2-11(17)15-19-12(8-22-15)14(21)18-7-13(20)9-3-5-10(16)6-4-9/h3-6,8,11H,2,7,17H2,1H3,(H,18,21). The largest absolute Gasteiger partial charge is 0.446 e. The minimum atomic E-state index is -0.469. The number of oxazole rings is 1. The predicted molar refractivity (Wildman–Crippen MR) is 84.5 cm³/mol. The molecule has 1 unspecified atom stereocenters. The molecule has 1 atom stereocenters. The van der Waals surface area contributed by atoms with Crippen LogP contribution in [0.4, 0.5) is 0 Å². The Morgan fingerprint density at radius 3 is 2.68 bits per heavy atom. The van der Waals surface area contributed by atoms with Crippen molar-refractivity contribution in [1.82, 2.24) is 10.3 Å². The third-order valence-electron chi connectivity index (χ3n) is 3.09. The third-order valence-corrected chi connectivity index (χ3v) is 3.62. The molecule has 0 fully saturated rings. The lowest BCUT2D eigenvalue weighted by molar-refractivity contribution is 0.0900. The second kappa shape index (κ2) is 7.33. The minimum Gasteiger partial charge on any atom is -0.446 e. The van der Waals surface area contributed by atoms with Gasteiger partial charge in [0, 0.05) is 10.0 Å². The first-order valence-corrected chi connectivity index (χ1v) is 7.58. The minimum absolute atomic E-state index is 0.109. The van der Waals surface area contributed by atoms with Crippen molar-refractivity contribution in [2.45, 2.75) is 19.4 Å². The summed E-state index contributed by atoms with van der Waals surface area (Å²) in [6.45, 7) is 1.79. The van der Waals surface area contributed by atoms with Crippen molar-refractivity contribution in [2.75, 3.05) is 6.54 Å². The Kier molecular flexibility index (Phi) is 5.46. The third kappa shape index (κ3) is 4.02. The van der Waals surface area contributed by atoms with Crippen LogP contribution in [0.15, 0.2) is 39.4 Å². The van der Waals surface area contributed by atoms with Gasteiger partial charge in [-0.05, 0) is 18.6 Å². The number of nitrogens with two attached hydrogens (primary N) is 1. The van der Waals surface area contributed by atoms with Crippen molar-refractivity contribution in [2.24, 2.45) is 5.73 Å². The van der Waals surface area contributed by atoms with E-state index >= 15 is 0 Å². The molecule has 6 nitrogen and oxygen atoms in total. The molecule has 116 valence electrons. The molecule has 1 aromatic heterocycles. The van der Waals surface area contributed by atoms with Gasteiger partial charge in [0.05, 0.1) is 12.6 Å². The lowest BCUT2D eigenvalue weighted by Gasteiger charge is -2.03. The van der Waals surface area contributed by atoms with Crippen LogP contribution in [0, 0.1) is 0 Å². The van der Waals surface area contributed by atoms with E-state index in [1.54, 1.807) is 24.3 Å². The number of carbonyl (C=O) groups is 2. The Hall–Kier alpha value is -1.99. The highest BCUT2D eigenvalue weighted by molar-refractivity contribution is 9.10. The number of Topliss-reactive ketones (excluding diaryl/α,β-unsaturated/α-hetero) is 1. The van der Waals surface area contributed by atoms with Crippen LogP contribution in [0.2, 0.25) is 0 Å². The second-order valence-electron chi connectivity index (χ2n) is 4.70. The molecule has 1 amide bonds. The number of nitrogens with zero attached hydrogens (tertiary/aromatic N) is 1. The van der Waals surface area contributed by atoms with E-state index < -0.39 is 5.91 Å². The van der Waals surface area contributed by atoms with Crippen molar-refractivity contribution in [3.63, 3.8) is 0 Å². The van der Waals surface area contributed by atoms with Gasteiger partial charge in [0.25, 0.3) is 5.91 Å². The van der Waals surface area contributed by atoms with E-state index in [0.717, 1.165) is 4.47 Å². The fourth-order valence-corrected chi connectivity index (χ4v) is 1.99. The number of rotatable bonds is 6. The SMILES string of the molecule is CCC(N)c1nc(C(=O)NCC(=O)c2ccc(Br)cc2)co1. The van der Waals surface area contributed by atoms with Gasteiger partial charge in [-0.15, -0.1) is 0 Å². The molecule has 0 aliphatic carbocycles. The Bertz CT molecular complexity index is 667. The molecule has 0 aliphatic rings. The summed E-state index contributed by atoms with van der Waals surface area (Å²) >= 11 is 3.30. The molecular weight excluding hydrogens is 350 g/mol. The maximum Gasteiger partial charge on any atom is 0.273 e. The Labute approximate surface area is 136 Å². The van der Waals surface area contributed by atoms with Gasteiger partial charge in [-0.25, -0.2) is 4.98 Å². The summed E-state index contributed by atoms with van der Waals surface area (Å²) in [6, 6.07) is 6.57. The maximum atomic E-state index is 12.0. The van der Waals surface area contributed by atoms with Gasteiger partial charge in [0.1, 0.15) is 6.26 Å². The van der Waals surface area contributed by atoms with Gasteiger partial charge < -0.3 is 15.5 Å². The van der Waals surface area contributed by atoms with E-state index in [2.05, 4.69) is 26.2 Å². The van der Waals surface area contributed by atoms with Crippen LogP contribution in [-0.4, -0.2) is 23.2 Å². The highest BCUT2D eigenvalue weighted by Crippen LogP contribution is 2.13. The van der Waals surface area contributed by atoms with Crippen LogP contribution in [0.3, 0.4) is 0 Å². The lowest BCUT2D eigenvalue weighted by Crippen LogP contribution is -2.29. The van der Waals surface area contributed by atoms with E-state index in [-0.39, 0.29) is 24.1 Å². The maximum absolute atomic E-state index is 12.0. The topological polar surface area (TPSA) is 98.2 Å². The summed E-state index contributed by atoms with van der Waals surface area (Å²) in [6.07, 6.45) is 1.90. The van der Waals surface area contributed by atoms with E-state index in [9.17, 15) is 9.59 Å². The van der Waals surface area contributed by atoms with Gasteiger partial charge in [-0.3, -0.25) is 9.59 Å². The van der Waals surface area contributed by atoms with E-state index in [1.165, 1.54) is 6.26 Å². The quantitative estimate of drug-likeness (QED) is 0.766. The highest BCUT2D eigenvalue weighted by Gasteiger charge is 2.16. The Morgan fingerprint density at radius 1 is 1.36 bits per heavy atom. The van der Waals surface area contributed by atoms with Gasteiger partial charge in [0.15, 0.2) is 11.5 Å². The van der Waals surface area contributed by atoms with Crippen LogP contribution >= 0.6 is 15.9 Å². The fraction of sp³-hybridized carbons (Fsp3) is 0.267. The Balaban J connectivity index is 1.93. The number of amides is 1. The Morgan fingerprint density at radius 2 is 2.05 bits per heavy atom. The number of aromatic nitrogens is 1. The van der Waals surface area contributed by atoms with Gasteiger partial charge in [-0.1, -0.05) is 35.0 Å². The molecule has 1 aromatic carbocycles. The van der Waals surface area contributed by atoms with Gasteiger partial charge in [0.2, 0.25) is 5.89 Å². The molecule has 0 radical (unpaired) electrons.